The molecule has 2 rings (SSSR count). The second-order valence-corrected chi connectivity index (χ2v) is 3.10. The van der Waals surface area contributed by atoms with Crippen molar-refractivity contribution in [1.82, 2.24) is 0 Å². The minimum absolute atomic E-state index is 0.0782. The summed E-state index contributed by atoms with van der Waals surface area (Å²) in [7, 11) is 0. The molecule has 0 atom stereocenters. The summed E-state index contributed by atoms with van der Waals surface area (Å²) in [5.74, 6) is 0. The fourth-order valence-electron chi connectivity index (χ4n) is 1.51. The van der Waals surface area contributed by atoms with E-state index < -0.39 is 0 Å². The van der Waals surface area contributed by atoms with Gasteiger partial charge in [0.1, 0.15) is 0 Å². The third-order valence-corrected chi connectivity index (χ3v) is 2.22. The number of hydrogen-bond donors (Lipinski definition) is 1. The Hall–Kier alpha value is -1.60. The Morgan fingerprint density at radius 1 is 1.00 bits per heavy atom. The van der Waals surface area contributed by atoms with Crippen molar-refractivity contribution in [3.05, 3.63) is 60.2 Å². The van der Waals surface area contributed by atoms with E-state index in [-0.39, 0.29) is 6.61 Å². The van der Waals surface area contributed by atoms with Crippen molar-refractivity contribution in [1.29, 1.82) is 0 Å². The lowest BCUT2D eigenvalue weighted by atomic mass is 10.0. The van der Waals surface area contributed by atoms with Gasteiger partial charge in [0.2, 0.25) is 0 Å². The van der Waals surface area contributed by atoms with E-state index in [2.05, 4.69) is 6.07 Å². The topological polar surface area (TPSA) is 20.2 Å². The van der Waals surface area contributed by atoms with Crippen LogP contribution >= 0.6 is 0 Å². The average molecular weight is 183 g/mol. The van der Waals surface area contributed by atoms with Gasteiger partial charge < -0.3 is 5.11 Å². The van der Waals surface area contributed by atoms with E-state index in [1.54, 1.807) is 0 Å². The minimum Gasteiger partial charge on any atom is -0.392 e. The maximum Gasteiger partial charge on any atom is 0.0687 e. The zero-order valence-electron chi connectivity index (χ0n) is 7.77. The Morgan fingerprint density at radius 2 is 1.71 bits per heavy atom. The van der Waals surface area contributed by atoms with Crippen LogP contribution in [0, 0.1) is 6.07 Å². The number of aliphatic hydroxyl groups is 1. The third-order valence-electron chi connectivity index (χ3n) is 2.22. The molecule has 0 aliphatic carbocycles. The van der Waals surface area contributed by atoms with Crippen LogP contribution in [0.1, 0.15) is 5.56 Å². The van der Waals surface area contributed by atoms with Crippen molar-refractivity contribution in [3.63, 3.8) is 0 Å². The van der Waals surface area contributed by atoms with E-state index >= 15 is 0 Å². The molecule has 2 aromatic rings. The predicted octanol–water partition coefficient (Wildman–Crippen LogP) is 2.65. The standard InChI is InChI=1S/C13H11O/c14-10-12-8-4-5-9-13(12)11-6-2-1-3-7-11/h2-9,14H,10H2. The van der Waals surface area contributed by atoms with E-state index in [1.165, 1.54) is 0 Å². The smallest absolute Gasteiger partial charge is 0.0687 e. The molecule has 0 fully saturated rings. The lowest BCUT2D eigenvalue weighted by Crippen LogP contribution is -1.87. The average Bonchev–Trinajstić information content (AvgIpc) is 2.30. The van der Waals surface area contributed by atoms with Gasteiger partial charge >= 0.3 is 0 Å². The summed E-state index contributed by atoms with van der Waals surface area (Å²) >= 11 is 0. The highest BCUT2D eigenvalue weighted by Gasteiger charge is 2.01. The maximum absolute atomic E-state index is 9.17. The second-order valence-electron chi connectivity index (χ2n) is 3.10. The van der Waals surface area contributed by atoms with Crippen LogP contribution in [0.2, 0.25) is 0 Å². The summed E-state index contributed by atoms with van der Waals surface area (Å²) in [6.07, 6.45) is 0. The molecular weight excluding hydrogens is 172 g/mol. The van der Waals surface area contributed by atoms with Gasteiger partial charge in [-0.3, -0.25) is 0 Å². The van der Waals surface area contributed by atoms with E-state index in [1.807, 2.05) is 48.5 Å². The fraction of sp³-hybridized carbons (Fsp3) is 0.0769. The summed E-state index contributed by atoms with van der Waals surface area (Å²) in [5.41, 5.74) is 3.16. The molecule has 0 aromatic heterocycles. The molecule has 69 valence electrons. The van der Waals surface area contributed by atoms with Crippen molar-refractivity contribution in [3.8, 4) is 11.1 Å². The van der Waals surface area contributed by atoms with Gasteiger partial charge in [-0.05, 0) is 22.8 Å². The van der Waals surface area contributed by atoms with Crippen LogP contribution in [0.4, 0.5) is 0 Å². The summed E-state index contributed by atoms with van der Waals surface area (Å²) in [6.45, 7) is 0.0782. The fourth-order valence-corrected chi connectivity index (χ4v) is 1.51. The van der Waals surface area contributed by atoms with Crippen molar-refractivity contribution in [2.45, 2.75) is 6.61 Å². The zero-order valence-corrected chi connectivity index (χ0v) is 7.77. The van der Waals surface area contributed by atoms with Gasteiger partial charge in [-0.15, -0.1) is 0 Å². The molecule has 0 amide bonds. The van der Waals surface area contributed by atoms with Gasteiger partial charge in [-0.25, -0.2) is 0 Å². The predicted molar refractivity (Wildman–Crippen MR) is 56.6 cm³/mol. The molecule has 14 heavy (non-hydrogen) atoms. The molecule has 0 heterocycles. The zero-order chi connectivity index (χ0) is 9.80. The van der Waals surface area contributed by atoms with Gasteiger partial charge in [-0.1, -0.05) is 48.5 Å². The molecule has 0 saturated heterocycles. The Kier molecular flexibility index (Phi) is 2.61. The summed E-state index contributed by atoms with van der Waals surface area (Å²) in [5, 5.41) is 9.17. The maximum atomic E-state index is 9.17. The van der Waals surface area contributed by atoms with Crippen molar-refractivity contribution >= 4 is 0 Å². The lowest BCUT2D eigenvalue weighted by Gasteiger charge is -2.06. The number of aliphatic hydroxyl groups excluding tert-OH is 1. The first-order valence-corrected chi connectivity index (χ1v) is 4.57. The highest BCUT2D eigenvalue weighted by atomic mass is 16.3. The Bertz CT molecular complexity index is 407. The Balaban J connectivity index is 2.51. The summed E-state index contributed by atoms with van der Waals surface area (Å²) in [6, 6.07) is 18.6. The number of rotatable bonds is 2. The normalized spacial score (nSPS) is 10.1. The summed E-state index contributed by atoms with van der Waals surface area (Å²) < 4.78 is 0. The number of hydrogen-bond acceptors (Lipinski definition) is 1. The minimum atomic E-state index is 0.0782. The molecule has 1 N–H and O–H groups in total. The molecule has 0 saturated carbocycles. The highest BCUT2D eigenvalue weighted by molar-refractivity contribution is 5.66. The van der Waals surface area contributed by atoms with Gasteiger partial charge in [0.25, 0.3) is 0 Å². The van der Waals surface area contributed by atoms with Crippen molar-refractivity contribution < 1.29 is 5.11 Å². The van der Waals surface area contributed by atoms with Gasteiger partial charge in [0.15, 0.2) is 0 Å². The van der Waals surface area contributed by atoms with Gasteiger partial charge in [0.05, 0.1) is 6.61 Å². The number of benzene rings is 2. The molecule has 0 aliphatic heterocycles. The molecule has 0 aliphatic rings. The highest BCUT2D eigenvalue weighted by Crippen LogP contribution is 2.22. The van der Waals surface area contributed by atoms with Crippen LogP contribution in [0.15, 0.2) is 48.5 Å². The SMILES string of the molecule is OCc1ccccc1-c1cc[c]cc1. The molecule has 1 nitrogen and oxygen atoms in total. The first-order chi connectivity index (χ1) is 6.92. The summed E-state index contributed by atoms with van der Waals surface area (Å²) in [4.78, 5) is 0. The van der Waals surface area contributed by atoms with Crippen LogP contribution in [-0.4, -0.2) is 5.11 Å². The Labute approximate surface area is 83.6 Å². The second kappa shape index (κ2) is 4.07. The molecular formula is C13H11O. The van der Waals surface area contributed by atoms with E-state index in [0.29, 0.717) is 0 Å². The van der Waals surface area contributed by atoms with E-state index in [0.717, 1.165) is 16.7 Å². The first kappa shape index (κ1) is 8.97. The van der Waals surface area contributed by atoms with Crippen LogP contribution in [0.25, 0.3) is 11.1 Å². The third kappa shape index (κ3) is 1.68. The molecule has 2 aromatic carbocycles. The first-order valence-electron chi connectivity index (χ1n) is 4.57. The molecule has 0 unspecified atom stereocenters. The van der Waals surface area contributed by atoms with Crippen molar-refractivity contribution in [2.24, 2.45) is 0 Å². The van der Waals surface area contributed by atoms with Crippen LogP contribution < -0.4 is 0 Å². The van der Waals surface area contributed by atoms with Crippen LogP contribution in [-0.2, 0) is 6.61 Å². The largest absolute Gasteiger partial charge is 0.392 e. The van der Waals surface area contributed by atoms with E-state index in [9.17, 15) is 5.11 Å². The molecule has 1 radical (unpaired) electrons. The molecule has 0 spiro atoms. The van der Waals surface area contributed by atoms with Crippen LogP contribution in [0.5, 0.6) is 0 Å². The monoisotopic (exact) mass is 183 g/mol. The quantitative estimate of drug-likeness (QED) is 0.758. The van der Waals surface area contributed by atoms with E-state index in [4.69, 9.17) is 0 Å². The van der Waals surface area contributed by atoms with Crippen LogP contribution in [0.3, 0.4) is 0 Å². The molecule has 1 heteroatoms. The van der Waals surface area contributed by atoms with Gasteiger partial charge in [0, 0.05) is 0 Å². The molecule has 0 bridgehead atoms. The lowest BCUT2D eigenvalue weighted by molar-refractivity contribution is 0.282. The van der Waals surface area contributed by atoms with Gasteiger partial charge in [-0.2, -0.15) is 0 Å². The van der Waals surface area contributed by atoms with Crippen molar-refractivity contribution in [2.75, 3.05) is 0 Å². The Morgan fingerprint density at radius 3 is 2.43 bits per heavy atom.